The van der Waals surface area contributed by atoms with Gasteiger partial charge in [-0.3, -0.25) is 4.79 Å². The van der Waals surface area contributed by atoms with Gasteiger partial charge in [-0.2, -0.15) is 0 Å². The van der Waals surface area contributed by atoms with Crippen molar-refractivity contribution in [3.63, 3.8) is 0 Å². The van der Waals surface area contributed by atoms with Gasteiger partial charge in [0.2, 0.25) is 0 Å². The lowest BCUT2D eigenvalue weighted by Crippen LogP contribution is -2.53. The van der Waals surface area contributed by atoms with Gasteiger partial charge >= 0.3 is 0 Å². The Labute approximate surface area is 114 Å². The summed E-state index contributed by atoms with van der Waals surface area (Å²) in [6, 6.07) is 10.1. The second-order valence-electron chi connectivity index (χ2n) is 5.53. The van der Waals surface area contributed by atoms with Gasteiger partial charge in [-0.05, 0) is 30.9 Å². The smallest absolute Gasteiger partial charge is 0.185 e. The minimum Gasteiger partial charge on any atom is -0.369 e. The van der Waals surface area contributed by atoms with Crippen molar-refractivity contribution < 1.29 is 4.79 Å². The fourth-order valence-electron chi connectivity index (χ4n) is 3.26. The molecule has 0 amide bonds. The SMILES string of the molecule is C=CCC12CCN(CC1)C(=Cc1ccccc1)C2=O. The standard InChI is InChI=1S/C17H19NO/c1-2-8-17-9-11-18(12-10-17)15(16(17)19)13-14-6-4-3-5-7-14/h2-7,13H,1,8-12H2. The number of carbonyl (C=O) groups excluding carboxylic acids is 1. The molecule has 98 valence electrons. The Morgan fingerprint density at radius 1 is 1.21 bits per heavy atom. The minimum atomic E-state index is -0.170. The van der Waals surface area contributed by atoms with E-state index >= 15 is 0 Å². The van der Waals surface area contributed by atoms with Crippen molar-refractivity contribution in [2.75, 3.05) is 13.1 Å². The fourth-order valence-corrected chi connectivity index (χ4v) is 3.26. The molecule has 4 rings (SSSR count). The molecule has 0 unspecified atom stereocenters. The highest BCUT2D eigenvalue weighted by Crippen LogP contribution is 2.45. The van der Waals surface area contributed by atoms with E-state index in [0.717, 1.165) is 43.6 Å². The summed E-state index contributed by atoms with van der Waals surface area (Å²) in [6.07, 6.45) is 6.71. The molecule has 1 aromatic rings. The number of benzene rings is 1. The predicted octanol–water partition coefficient (Wildman–Crippen LogP) is 3.27. The largest absolute Gasteiger partial charge is 0.369 e. The highest BCUT2D eigenvalue weighted by Gasteiger charge is 2.48. The zero-order chi connectivity index (χ0) is 13.3. The Bertz CT molecular complexity index is 521. The van der Waals surface area contributed by atoms with Crippen LogP contribution in [0.3, 0.4) is 0 Å². The minimum absolute atomic E-state index is 0.170. The summed E-state index contributed by atoms with van der Waals surface area (Å²) in [7, 11) is 0. The molecule has 0 aliphatic carbocycles. The number of nitrogens with zero attached hydrogens (tertiary/aromatic N) is 1. The number of hydrogen-bond acceptors (Lipinski definition) is 2. The maximum atomic E-state index is 12.7. The Morgan fingerprint density at radius 2 is 1.89 bits per heavy atom. The molecule has 0 N–H and O–H groups in total. The molecule has 1 aromatic carbocycles. The van der Waals surface area contributed by atoms with E-state index in [0.29, 0.717) is 5.78 Å². The molecule has 0 aromatic heterocycles. The predicted molar refractivity (Wildman–Crippen MR) is 77.5 cm³/mol. The zero-order valence-corrected chi connectivity index (χ0v) is 11.1. The van der Waals surface area contributed by atoms with Gasteiger partial charge in [0, 0.05) is 18.5 Å². The Kier molecular flexibility index (Phi) is 3.02. The second kappa shape index (κ2) is 4.69. The summed E-state index contributed by atoms with van der Waals surface area (Å²) >= 11 is 0. The molecule has 3 aliphatic rings. The first kappa shape index (κ1) is 12.2. The van der Waals surface area contributed by atoms with Crippen molar-refractivity contribution in [1.82, 2.24) is 4.90 Å². The van der Waals surface area contributed by atoms with E-state index in [4.69, 9.17) is 0 Å². The molecule has 2 heteroatoms. The molecule has 0 atom stereocenters. The summed E-state index contributed by atoms with van der Waals surface area (Å²) in [5, 5.41) is 0. The first-order valence-electron chi connectivity index (χ1n) is 6.93. The monoisotopic (exact) mass is 253 g/mol. The third-order valence-corrected chi connectivity index (χ3v) is 4.41. The highest BCUT2D eigenvalue weighted by atomic mass is 16.1. The van der Waals surface area contributed by atoms with Crippen molar-refractivity contribution in [2.45, 2.75) is 19.3 Å². The Hall–Kier alpha value is -1.83. The number of fused-ring (bicyclic) bond motifs is 3. The molecule has 19 heavy (non-hydrogen) atoms. The molecule has 3 fully saturated rings. The van der Waals surface area contributed by atoms with Crippen LogP contribution in [0.2, 0.25) is 0 Å². The number of piperidine rings is 3. The molecule has 3 aliphatic heterocycles. The fraction of sp³-hybridized carbons (Fsp3) is 0.353. The topological polar surface area (TPSA) is 20.3 Å². The maximum absolute atomic E-state index is 12.7. The third kappa shape index (κ3) is 2.01. The van der Waals surface area contributed by atoms with Gasteiger partial charge in [0.15, 0.2) is 5.78 Å². The lowest BCUT2D eigenvalue weighted by molar-refractivity contribution is -0.134. The van der Waals surface area contributed by atoms with Gasteiger partial charge in [0.25, 0.3) is 0 Å². The quantitative estimate of drug-likeness (QED) is 0.608. The molecule has 3 saturated heterocycles. The molecule has 2 bridgehead atoms. The number of allylic oxidation sites excluding steroid dienone is 2. The summed E-state index contributed by atoms with van der Waals surface area (Å²) in [5.74, 6) is 0.314. The summed E-state index contributed by atoms with van der Waals surface area (Å²) in [6.45, 7) is 5.82. The maximum Gasteiger partial charge on any atom is 0.185 e. The number of ketones is 1. The summed E-state index contributed by atoms with van der Waals surface area (Å²) in [5.41, 5.74) is 1.83. The first-order chi connectivity index (χ1) is 9.25. The van der Waals surface area contributed by atoms with E-state index < -0.39 is 0 Å². The highest BCUT2D eigenvalue weighted by molar-refractivity contribution is 6.04. The van der Waals surface area contributed by atoms with Gasteiger partial charge in [-0.1, -0.05) is 36.4 Å². The molecule has 0 saturated carbocycles. The van der Waals surface area contributed by atoms with Crippen LogP contribution in [-0.2, 0) is 4.79 Å². The van der Waals surface area contributed by atoms with Crippen LogP contribution in [0.5, 0.6) is 0 Å². The normalized spacial score (nSPS) is 22.8. The molecule has 0 spiro atoms. The molecule has 2 nitrogen and oxygen atoms in total. The van der Waals surface area contributed by atoms with E-state index in [-0.39, 0.29) is 5.41 Å². The van der Waals surface area contributed by atoms with Crippen molar-refractivity contribution in [2.24, 2.45) is 5.41 Å². The number of rotatable bonds is 3. The van der Waals surface area contributed by atoms with Gasteiger partial charge in [-0.25, -0.2) is 0 Å². The average molecular weight is 253 g/mol. The van der Waals surface area contributed by atoms with Crippen molar-refractivity contribution in [3.05, 3.63) is 54.2 Å². The van der Waals surface area contributed by atoms with E-state index in [1.807, 2.05) is 42.5 Å². The number of Topliss-reactive ketones (excluding diaryl/α,β-unsaturated/α-hetero) is 1. The van der Waals surface area contributed by atoms with Gasteiger partial charge in [0.1, 0.15) is 0 Å². The van der Waals surface area contributed by atoms with E-state index in [1.54, 1.807) is 0 Å². The van der Waals surface area contributed by atoms with Crippen molar-refractivity contribution >= 4 is 11.9 Å². The average Bonchev–Trinajstić information content (AvgIpc) is 2.45. The van der Waals surface area contributed by atoms with Gasteiger partial charge < -0.3 is 4.90 Å². The van der Waals surface area contributed by atoms with E-state index in [9.17, 15) is 4.79 Å². The third-order valence-electron chi connectivity index (χ3n) is 4.41. The summed E-state index contributed by atoms with van der Waals surface area (Å²) in [4.78, 5) is 15.0. The number of hydrogen-bond donors (Lipinski definition) is 0. The lowest BCUT2D eigenvalue weighted by Gasteiger charge is -2.49. The van der Waals surface area contributed by atoms with E-state index in [2.05, 4.69) is 11.5 Å². The van der Waals surface area contributed by atoms with E-state index in [1.165, 1.54) is 0 Å². The van der Waals surface area contributed by atoms with Gasteiger partial charge in [0.05, 0.1) is 5.70 Å². The molecular formula is C17H19NO. The summed E-state index contributed by atoms with van der Waals surface area (Å²) < 4.78 is 0. The van der Waals surface area contributed by atoms with Crippen LogP contribution >= 0.6 is 0 Å². The van der Waals surface area contributed by atoms with Crippen LogP contribution in [0.25, 0.3) is 6.08 Å². The van der Waals surface area contributed by atoms with Crippen molar-refractivity contribution in [3.8, 4) is 0 Å². The van der Waals surface area contributed by atoms with Crippen LogP contribution in [-0.4, -0.2) is 23.8 Å². The Morgan fingerprint density at radius 3 is 2.53 bits per heavy atom. The van der Waals surface area contributed by atoms with Crippen LogP contribution in [0.4, 0.5) is 0 Å². The van der Waals surface area contributed by atoms with Crippen LogP contribution in [0, 0.1) is 5.41 Å². The lowest BCUT2D eigenvalue weighted by atomic mass is 9.67. The van der Waals surface area contributed by atoms with Crippen LogP contribution in [0.1, 0.15) is 24.8 Å². The van der Waals surface area contributed by atoms with Gasteiger partial charge in [-0.15, -0.1) is 6.58 Å². The van der Waals surface area contributed by atoms with Crippen LogP contribution < -0.4 is 0 Å². The number of carbonyl (C=O) groups is 1. The van der Waals surface area contributed by atoms with Crippen molar-refractivity contribution in [1.29, 1.82) is 0 Å². The second-order valence-corrected chi connectivity index (χ2v) is 5.53. The zero-order valence-electron chi connectivity index (χ0n) is 11.1. The van der Waals surface area contributed by atoms with Crippen LogP contribution in [0.15, 0.2) is 48.7 Å². The molecular weight excluding hydrogens is 234 g/mol. The molecule has 3 heterocycles. The molecule has 0 radical (unpaired) electrons. The Balaban J connectivity index is 1.97. The first-order valence-corrected chi connectivity index (χ1v) is 6.93.